The first-order chi connectivity index (χ1) is 8.11. The van der Waals surface area contributed by atoms with Crippen LogP contribution >= 0.6 is 0 Å². The Morgan fingerprint density at radius 2 is 2.12 bits per heavy atom. The van der Waals surface area contributed by atoms with Crippen LogP contribution in [-0.4, -0.2) is 28.3 Å². The molecule has 96 valence electrons. The third-order valence-electron chi connectivity index (χ3n) is 3.23. The Labute approximate surface area is 102 Å². The van der Waals surface area contributed by atoms with Crippen molar-refractivity contribution in [3.8, 4) is 0 Å². The highest BCUT2D eigenvalue weighted by Gasteiger charge is 2.41. The van der Waals surface area contributed by atoms with E-state index < -0.39 is 11.6 Å². The van der Waals surface area contributed by atoms with Gasteiger partial charge in [-0.05, 0) is 32.2 Å². The lowest BCUT2D eigenvalue weighted by molar-refractivity contribution is -0.164. The van der Waals surface area contributed by atoms with Crippen molar-refractivity contribution < 1.29 is 15.0 Å². The van der Waals surface area contributed by atoms with Crippen molar-refractivity contribution in [2.45, 2.75) is 37.7 Å². The highest BCUT2D eigenvalue weighted by molar-refractivity contribution is 5.78. The summed E-state index contributed by atoms with van der Waals surface area (Å²) in [5.41, 5.74) is 3.74. The van der Waals surface area contributed by atoms with E-state index in [0.717, 1.165) is 12.8 Å². The fraction of sp³-hybridized carbons (Fsp3) is 0.615. The van der Waals surface area contributed by atoms with Crippen LogP contribution in [0.3, 0.4) is 0 Å². The van der Waals surface area contributed by atoms with Gasteiger partial charge < -0.3 is 15.9 Å². The molecule has 0 saturated carbocycles. The number of aliphatic hydroxyl groups is 1. The van der Waals surface area contributed by atoms with Crippen molar-refractivity contribution in [1.29, 1.82) is 0 Å². The molecule has 4 N–H and O–H groups in total. The quantitative estimate of drug-likeness (QED) is 0.587. The molecule has 0 aromatic heterocycles. The van der Waals surface area contributed by atoms with E-state index in [2.05, 4.69) is 0 Å². The number of rotatable bonds is 7. The molecule has 1 aliphatic rings. The molecule has 0 spiro atoms. The Balaban J connectivity index is 2.58. The van der Waals surface area contributed by atoms with Crippen LogP contribution in [0.2, 0.25) is 0 Å². The SMILES string of the molecule is NCCCCC[C@](O)(C(=O)O)C1C=CC=CC1. The van der Waals surface area contributed by atoms with Gasteiger partial charge in [0.25, 0.3) is 0 Å². The number of hydrogen-bond acceptors (Lipinski definition) is 3. The van der Waals surface area contributed by atoms with Crippen molar-refractivity contribution in [2.24, 2.45) is 11.7 Å². The highest BCUT2D eigenvalue weighted by Crippen LogP contribution is 2.30. The standard InChI is InChI=1S/C13H21NO3/c14-10-6-2-5-9-13(17,12(15)16)11-7-3-1-4-8-11/h1,3-4,7,11,17H,2,5-6,8-10,14H2,(H,15,16)/t11?,13-/m1/s1. The maximum absolute atomic E-state index is 11.3. The minimum atomic E-state index is -1.64. The molecule has 0 radical (unpaired) electrons. The smallest absolute Gasteiger partial charge is 0.336 e. The Hall–Kier alpha value is -1.13. The van der Waals surface area contributed by atoms with Gasteiger partial charge in [-0.2, -0.15) is 0 Å². The molecule has 0 fully saturated rings. The van der Waals surface area contributed by atoms with E-state index in [-0.39, 0.29) is 12.3 Å². The molecule has 0 aliphatic heterocycles. The zero-order chi connectivity index (χ0) is 12.7. The lowest BCUT2D eigenvalue weighted by Gasteiger charge is -2.31. The molecule has 4 nitrogen and oxygen atoms in total. The van der Waals surface area contributed by atoms with Gasteiger partial charge in [-0.1, -0.05) is 30.7 Å². The van der Waals surface area contributed by atoms with Crippen LogP contribution in [0.5, 0.6) is 0 Å². The Morgan fingerprint density at radius 1 is 1.35 bits per heavy atom. The van der Waals surface area contributed by atoms with Gasteiger partial charge in [0, 0.05) is 5.92 Å². The van der Waals surface area contributed by atoms with Crippen molar-refractivity contribution >= 4 is 5.97 Å². The van der Waals surface area contributed by atoms with Crippen LogP contribution in [-0.2, 0) is 4.79 Å². The number of allylic oxidation sites excluding steroid dienone is 3. The predicted octanol–water partition coefficient (Wildman–Crippen LogP) is 1.45. The maximum atomic E-state index is 11.3. The number of carboxylic acids is 1. The van der Waals surface area contributed by atoms with E-state index >= 15 is 0 Å². The predicted molar refractivity (Wildman–Crippen MR) is 66.5 cm³/mol. The summed E-state index contributed by atoms with van der Waals surface area (Å²) >= 11 is 0. The molecule has 1 aliphatic carbocycles. The molecule has 1 rings (SSSR count). The number of carbonyl (C=O) groups is 1. The fourth-order valence-corrected chi connectivity index (χ4v) is 2.10. The fourth-order valence-electron chi connectivity index (χ4n) is 2.10. The first-order valence-electron chi connectivity index (χ1n) is 6.10. The molecule has 0 bridgehead atoms. The first-order valence-corrected chi connectivity index (χ1v) is 6.10. The Bertz CT molecular complexity index is 312. The van der Waals surface area contributed by atoms with Crippen LogP contribution in [0.1, 0.15) is 32.1 Å². The van der Waals surface area contributed by atoms with Gasteiger partial charge >= 0.3 is 5.97 Å². The summed E-state index contributed by atoms with van der Waals surface area (Å²) in [6.07, 6.45) is 10.6. The van der Waals surface area contributed by atoms with Gasteiger partial charge in [0.15, 0.2) is 5.60 Å². The normalized spacial score (nSPS) is 22.4. The number of hydrogen-bond donors (Lipinski definition) is 3. The molecule has 0 amide bonds. The molecule has 0 aromatic carbocycles. The summed E-state index contributed by atoms with van der Waals surface area (Å²) < 4.78 is 0. The third kappa shape index (κ3) is 3.68. The molecule has 17 heavy (non-hydrogen) atoms. The average molecular weight is 239 g/mol. The van der Waals surface area contributed by atoms with Crippen LogP contribution in [0.15, 0.2) is 24.3 Å². The van der Waals surface area contributed by atoms with Crippen LogP contribution in [0.4, 0.5) is 0 Å². The number of carboxylic acid groups (broad SMARTS) is 1. The summed E-state index contributed by atoms with van der Waals surface area (Å²) in [7, 11) is 0. The van der Waals surface area contributed by atoms with Gasteiger partial charge in [0.05, 0.1) is 0 Å². The zero-order valence-electron chi connectivity index (χ0n) is 10.0. The molecular formula is C13H21NO3. The van der Waals surface area contributed by atoms with E-state index in [4.69, 9.17) is 5.73 Å². The van der Waals surface area contributed by atoms with E-state index in [1.807, 2.05) is 12.2 Å². The summed E-state index contributed by atoms with van der Waals surface area (Å²) in [5, 5.41) is 19.5. The average Bonchev–Trinajstić information content (AvgIpc) is 2.35. The Morgan fingerprint density at radius 3 is 2.65 bits per heavy atom. The summed E-state index contributed by atoms with van der Waals surface area (Å²) in [4.78, 5) is 11.3. The number of unbranched alkanes of at least 4 members (excludes halogenated alkanes) is 2. The van der Waals surface area contributed by atoms with Gasteiger partial charge in [0.1, 0.15) is 0 Å². The number of nitrogens with two attached hydrogens (primary N) is 1. The van der Waals surface area contributed by atoms with Crippen molar-refractivity contribution in [3.05, 3.63) is 24.3 Å². The molecular weight excluding hydrogens is 218 g/mol. The molecule has 0 aromatic rings. The van der Waals surface area contributed by atoms with Gasteiger partial charge in [-0.25, -0.2) is 4.79 Å². The largest absolute Gasteiger partial charge is 0.479 e. The third-order valence-corrected chi connectivity index (χ3v) is 3.23. The molecule has 1 unspecified atom stereocenters. The highest BCUT2D eigenvalue weighted by atomic mass is 16.4. The van der Waals surface area contributed by atoms with Gasteiger partial charge in [0.2, 0.25) is 0 Å². The Kier molecular flexibility index (Phi) is 5.38. The second-order valence-corrected chi connectivity index (χ2v) is 4.48. The maximum Gasteiger partial charge on any atom is 0.336 e. The molecule has 0 saturated heterocycles. The lowest BCUT2D eigenvalue weighted by Crippen LogP contribution is -2.45. The van der Waals surface area contributed by atoms with E-state index in [9.17, 15) is 15.0 Å². The summed E-state index contributed by atoms with van der Waals surface area (Å²) in [5.74, 6) is -1.46. The molecule has 2 atom stereocenters. The second kappa shape index (κ2) is 6.57. The van der Waals surface area contributed by atoms with Crippen LogP contribution in [0, 0.1) is 5.92 Å². The minimum absolute atomic E-state index is 0.283. The lowest BCUT2D eigenvalue weighted by atomic mass is 9.79. The summed E-state index contributed by atoms with van der Waals surface area (Å²) in [6, 6.07) is 0. The molecule has 0 heterocycles. The van der Waals surface area contributed by atoms with E-state index in [1.54, 1.807) is 12.2 Å². The van der Waals surface area contributed by atoms with Gasteiger partial charge in [-0.3, -0.25) is 0 Å². The minimum Gasteiger partial charge on any atom is -0.479 e. The second-order valence-electron chi connectivity index (χ2n) is 4.48. The van der Waals surface area contributed by atoms with Crippen LogP contribution in [0.25, 0.3) is 0 Å². The first kappa shape index (κ1) is 13.9. The molecule has 4 heteroatoms. The topological polar surface area (TPSA) is 83.5 Å². The number of aliphatic carboxylic acids is 1. The van der Waals surface area contributed by atoms with E-state index in [1.165, 1.54) is 0 Å². The van der Waals surface area contributed by atoms with Crippen molar-refractivity contribution in [1.82, 2.24) is 0 Å². The van der Waals surface area contributed by atoms with Crippen molar-refractivity contribution in [3.63, 3.8) is 0 Å². The summed E-state index contributed by atoms with van der Waals surface area (Å²) in [6.45, 7) is 0.609. The monoisotopic (exact) mass is 239 g/mol. The van der Waals surface area contributed by atoms with Gasteiger partial charge in [-0.15, -0.1) is 0 Å². The van der Waals surface area contributed by atoms with Crippen LogP contribution < -0.4 is 5.73 Å². The van der Waals surface area contributed by atoms with Crippen molar-refractivity contribution in [2.75, 3.05) is 6.54 Å². The zero-order valence-corrected chi connectivity index (χ0v) is 10.0. The van der Waals surface area contributed by atoms with E-state index in [0.29, 0.717) is 19.4 Å².